The predicted octanol–water partition coefficient (Wildman–Crippen LogP) is 5.23. The van der Waals surface area contributed by atoms with Gasteiger partial charge in [0.2, 0.25) is 5.91 Å². The standard InChI is InChI=1S/C24H18ClF4N5O/c1-12-32-21(22-23(30)31-11-19(25)34(12)22)15-2-3-18-14(9-15)4-5-33(18)20(35)8-13-6-16(24(27,28)29)10-17(26)7-13/h2-3,6-7,9-11H,4-5,8H2,1H3,(H2,30,31). The lowest BCUT2D eigenvalue weighted by atomic mass is 10.0. The van der Waals surface area contributed by atoms with Gasteiger partial charge in [0.1, 0.15) is 33.8 Å². The van der Waals surface area contributed by atoms with Crippen molar-refractivity contribution >= 4 is 34.5 Å². The van der Waals surface area contributed by atoms with Crippen LogP contribution in [-0.4, -0.2) is 26.8 Å². The van der Waals surface area contributed by atoms with E-state index in [0.29, 0.717) is 46.9 Å². The number of imidazole rings is 1. The van der Waals surface area contributed by atoms with Gasteiger partial charge in [0.25, 0.3) is 0 Å². The number of fused-ring (bicyclic) bond motifs is 2. The normalized spacial score (nSPS) is 13.5. The zero-order chi connectivity index (χ0) is 25.1. The van der Waals surface area contributed by atoms with E-state index in [1.54, 1.807) is 23.5 Å². The molecule has 6 nitrogen and oxygen atoms in total. The Morgan fingerprint density at radius 1 is 1.20 bits per heavy atom. The summed E-state index contributed by atoms with van der Waals surface area (Å²) in [6, 6.07) is 7.61. The summed E-state index contributed by atoms with van der Waals surface area (Å²) in [7, 11) is 0. The first-order valence-corrected chi connectivity index (χ1v) is 11.0. The number of hydrogen-bond donors (Lipinski definition) is 1. The van der Waals surface area contributed by atoms with Crippen LogP contribution in [0.1, 0.15) is 22.5 Å². The van der Waals surface area contributed by atoms with Crippen LogP contribution in [0.5, 0.6) is 0 Å². The monoisotopic (exact) mass is 503 g/mol. The van der Waals surface area contributed by atoms with Crippen molar-refractivity contribution < 1.29 is 22.4 Å². The van der Waals surface area contributed by atoms with Gasteiger partial charge >= 0.3 is 6.18 Å². The van der Waals surface area contributed by atoms with Gasteiger partial charge in [0, 0.05) is 17.8 Å². The molecule has 1 aliphatic rings. The summed E-state index contributed by atoms with van der Waals surface area (Å²) in [5.74, 6) is -0.542. The minimum atomic E-state index is -4.70. The molecule has 0 bridgehead atoms. The van der Waals surface area contributed by atoms with Crippen molar-refractivity contribution in [3.8, 4) is 11.3 Å². The number of aromatic nitrogens is 3. The van der Waals surface area contributed by atoms with Crippen LogP contribution in [0.2, 0.25) is 5.15 Å². The van der Waals surface area contributed by atoms with Crippen LogP contribution < -0.4 is 10.6 Å². The fraction of sp³-hybridized carbons (Fsp3) is 0.208. The number of nitrogen functional groups attached to an aromatic ring is 1. The van der Waals surface area contributed by atoms with Crippen LogP contribution in [0, 0.1) is 12.7 Å². The SMILES string of the molecule is Cc1nc(-c2ccc3c(c2)CCN3C(=O)Cc2cc(F)cc(C(F)(F)F)c2)c2c(N)ncc(Cl)n12. The third-order valence-electron chi connectivity index (χ3n) is 6.00. The smallest absolute Gasteiger partial charge is 0.382 e. The highest BCUT2D eigenvalue weighted by atomic mass is 35.5. The molecule has 2 aromatic carbocycles. The minimum absolute atomic E-state index is 0.0350. The summed E-state index contributed by atoms with van der Waals surface area (Å²) in [5, 5.41) is 0.370. The number of aryl methyl sites for hydroxylation is 1. The number of nitrogens with zero attached hydrogens (tertiary/aromatic N) is 4. The number of carbonyl (C=O) groups is 1. The highest BCUT2D eigenvalue weighted by molar-refractivity contribution is 6.29. The van der Waals surface area contributed by atoms with Crippen LogP contribution in [0.15, 0.2) is 42.6 Å². The topological polar surface area (TPSA) is 76.5 Å². The lowest BCUT2D eigenvalue weighted by molar-refractivity contribution is -0.137. The lowest BCUT2D eigenvalue weighted by Crippen LogP contribution is -2.30. The first kappa shape index (κ1) is 23.1. The van der Waals surface area contributed by atoms with Crippen LogP contribution in [-0.2, 0) is 23.8 Å². The molecule has 0 saturated carbocycles. The van der Waals surface area contributed by atoms with E-state index >= 15 is 0 Å². The molecule has 0 atom stereocenters. The molecule has 1 aliphatic heterocycles. The Morgan fingerprint density at radius 3 is 2.71 bits per heavy atom. The Bertz CT molecular complexity index is 1500. The molecule has 180 valence electrons. The number of hydrogen-bond acceptors (Lipinski definition) is 4. The zero-order valence-electron chi connectivity index (χ0n) is 18.3. The molecule has 0 unspecified atom stereocenters. The Labute approximate surface area is 202 Å². The van der Waals surface area contributed by atoms with E-state index < -0.39 is 23.5 Å². The quantitative estimate of drug-likeness (QED) is 0.388. The Morgan fingerprint density at radius 2 is 1.97 bits per heavy atom. The maximum absolute atomic E-state index is 13.7. The number of anilines is 2. The van der Waals surface area contributed by atoms with Crippen molar-refractivity contribution in [2.75, 3.05) is 17.2 Å². The van der Waals surface area contributed by atoms with Gasteiger partial charge in [-0.2, -0.15) is 13.2 Å². The molecular formula is C24H18ClF4N5O. The van der Waals surface area contributed by atoms with Crippen molar-refractivity contribution in [1.82, 2.24) is 14.4 Å². The van der Waals surface area contributed by atoms with Gasteiger partial charge in [0.15, 0.2) is 0 Å². The zero-order valence-corrected chi connectivity index (χ0v) is 19.1. The predicted molar refractivity (Wildman–Crippen MR) is 124 cm³/mol. The van der Waals surface area contributed by atoms with Crippen molar-refractivity contribution in [2.45, 2.75) is 25.9 Å². The van der Waals surface area contributed by atoms with Crippen molar-refractivity contribution in [3.63, 3.8) is 0 Å². The number of amides is 1. The molecular weight excluding hydrogens is 486 g/mol. The fourth-order valence-electron chi connectivity index (χ4n) is 4.47. The van der Waals surface area contributed by atoms with Gasteiger partial charge in [-0.1, -0.05) is 17.7 Å². The summed E-state index contributed by atoms with van der Waals surface area (Å²) in [4.78, 5) is 23.2. The number of alkyl halides is 3. The van der Waals surface area contributed by atoms with Gasteiger partial charge in [-0.25, -0.2) is 14.4 Å². The largest absolute Gasteiger partial charge is 0.416 e. The molecule has 3 heterocycles. The molecule has 0 fully saturated rings. The average molecular weight is 504 g/mol. The van der Waals surface area contributed by atoms with Crippen LogP contribution >= 0.6 is 11.6 Å². The van der Waals surface area contributed by atoms with E-state index in [1.807, 2.05) is 6.07 Å². The minimum Gasteiger partial charge on any atom is -0.382 e. The summed E-state index contributed by atoms with van der Waals surface area (Å²) in [6.45, 7) is 2.16. The molecule has 0 radical (unpaired) electrons. The first-order valence-electron chi connectivity index (χ1n) is 10.6. The third-order valence-corrected chi connectivity index (χ3v) is 6.27. The van der Waals surface area contributed by atoms with Gasteiger partial charge in [-0.05, 0) is 54.8 Å². The van der Waals surface area contributed by atoms with E-state index in [0.717, 1.165) is 23.3 Å². The molecule has 0 saturated heterocycles. The molecule has 2 N–H and O–H groups in total. The van der Waals surface area contributed by atoms with E-state index in [2.05, 4.69) is 9.97 Å². The molecule has 35 heavy (non-hydrogen) atoms. The Kier molecular flexibility index (Phi) is 5.43. The van der Waals surface area contributed by atoms with E-state index in [4.69, 9.17) is 17.3 Å². The van der Waals surface area contributed by atoms with Crippen LogP contribution in [0.3, 0.4) is 0 Å². The van der Waals surface area contributed by atoms with Gasteiger partial charge < -0.3 is 10.6 Å². The van der Waals surface area contributed by atoms with Gasteiger partial charge in [0.05, 0.1) is 18.2 Å². The van der Waals surface area contributed by atoms with E-state index in [9.17, 15) is 22.4 Å². The number of halogens is 5. The second-order valence-corrected chi connectivity index (χ2v) is 8.71. The first-order chi connectivity index (χ1) is 16.5. The summed E-state index contributed by atoms with van der Waals surface area (Å²) >= 11 is 6.27. The second kappa shape index (κ2) is 8.23. The van der Waals surface area contributed by atoms with E-state index in [-0.39, 0.29) is 17.8 Å². The molecule has 4 aromatic rings. The van der Waals surface area contributed by atoms with Crippen molar-refractivity contribution in [2.24, 2.45) is 0 Å². The van der Waals surface area contributed by atoms with E-state index in [1.165, 1.54) is 11.1 Å². The van der Waals surface area contributed by atoms with Gasteiger partial charge in [-0.3, -0.25) is 9.20 Å². The Hall–Kier alpha value is -3.66. The molecule has 0 spiro atoms. The van der Waals surface area contributed by atoms with Crippen molar-refractivity contribution in [3.05, 3.63) is 76.1 Å². The number of carbonyl (C=O) groups excluding carboxylic acids is 1. The maximum Gasteiger partial charge on any atom is 0.416 e. The van der Waals surface area contributed by atoms with Crippen molar-refractivity contribution in [1.29, 1.82) is 0 Å². The summed E-state index contributed by atoms with van der Waals surface area (Å²) in [6.07, 6.45) is -3.06. The third kappa shape index (κ3) is 4.07. The highest BCUT2D eigenvalue weighted by Gasteiger charge is 2.32. The molecule has 0 aliphatic carbocycles. The lowest BCUT2D eigenvalue weighted by Gasteiger charge is -2.18. The number of nitrogens with two attached hydrogens (primary N) is 1. The average Bonchev–Trinajstić information content (AvgIpc) is 3.37. The summed E-state index contributed by atoms with van der Waals surface area (Å²) < 4.78 is 54.5. The number of benzene rings is 2. The van der Waals surface area contributed by atoms with Crippen LogP contribution in [0.4, 0.5) is 29.1 Å². The van der Waals surface area contributed by atoms with Gasteiger partial charge in [-0.15, -0.1) is 0 Å². The second-order valence-electron chi connectivity index (χ2n) is 8.32. The maximum atomic E-state index is 13.7. The summed E-state index contributed by atoms with van der Waals surface area (Å²) in [5.41, 5.74) is 8.40. The Balaban J connectivity index is 1.45. The number of rotatable bonds is 3. The highest BCUT2D eigenvalue weighted by Crippen LogP contribution is 2.36. The molecule has 5 rings (SSSR count). The fourth-order valence-corrected chi connectivity index (χ4v) is 4.72. The van der Waals surface area contributed by atoms with Crippen LogP contribution in [0.25, 0.3) is 16.8 Å². The molecule has 2 aromatic heterocycles. The molecule has 1 amide bonds. The molecule has 11 heteroatoms.